The first-order valence-electron chi connectivity index (χ1n) is 6.74. The maximum atomic E-state index is 11.4. The second-order valence-electron chi connectivity index (χ2n) is 5.71. The largest absolute Gasteiger partial charge is 0.476 e. The van der Waals surface area contributed by atoms with Crippen molar-refractivity contribution < 1.29 is 24.3 Å². The minimum absolute atomic E-state index is 0.0854. The van der Waals surface area contributed by atoms with E-state index in [4.69, 9.17) is 0 Å². The van der Waals surface area contributed by atoms with Crippen LogP contribution >= 0.6 is 0 Å². The van der Waals surface area contributed by atoms with Gasteiger partial charge in [0.05, 0.1) is 20.1 Å². The van der Waals surface area contributed by atoms with Crippen molar-refractivity contribution in [3.8, 4) is 0 Å². The molecule has 1 atom stereocenters. The van der Waals surface area contributed by atoms with Crippen LogP contribution in [-0.2, 0) is 9.59 Å². The molecule has 0 aromatic carbocycles. The van der Waals surface area contributed by atoms with Gasteiger partial charge < -0.3 is 20.0 Å². The summed E-state index contributed by atoms with van der Waals surface area (Å²) in [6, 6.07) is -0.0854. The molecule has 6 nitrogen and oxygen atoms in total. The molecule has 0 aromatic heterocycles. The number of quaternary nitrogens is 1. The normalized spacial score (nSPS) is 13.8. The highest BCUT2D eigenvalue weighted by atomic mass is 16.4. The summed E-state index contributed by atoms with van der Waals surface area (Å²) in [6.45, 7) is 8.29. The molecule has 0 heterocycles. The molecule has 0 saturated carbocycles. The Bertz CT molecular complexity index is 352. The van der Waals surface area contributed by atoms with E-state index in [0.717, 1.165) is 25.9 Å². The van der Waals surface area contributed by atoms with Gasteiger partial charge in [0.25, 0.3) is 5.54 Å². The van der Waals surface area contributed by atoms with E-state index in [1.54, 1.807) is 20.2 Å². The molecule has 3 N–H and O–H groups in total. The number of nitrogens with one attached hydrogen (secondary N) is 1. The smallest absolute Gasteiger partial charge is 0.377 e. The fraction of sp³-hybridized carbons (Fsp3) is 0.714. The molecule has 0 aliphatic rings. The van der Waals surface area contributed by atoms with Crippen LogP contribution in [0.5, 0.6) is 0 Å². The van der Waals surface area contributed by atoms with Gasteiger partial charge in [-0.15, -0.1) is 6.58 Å². The SMILES string of the molecule is C=CCNCCCC(C)[N+](C)(C)C(C)(C(=O)O)C(=O)O. The van der Waals surface area contributed by atoms with Crippen LogP contribution in [0.25, 0.3) is 0 Å². The van der Waals surface area contributed by atoms with Crippen LogP contribution < -0.4 is 5.32 Å². The quantitative estimate of drug-likeness (QED) is 0.241. The first-order valence-corrected chi connectivity index (χ1v) is 6.74. The number of carboxylic acid groups (broad SMARTS) is 2. The van der Waals surface area contributed by atoms with Crippen molar-refractivity contribution in [3.05, 3.63) is 12.7 Å². The van der Waals surface area contributed by atoms with E-state index in [1.165, 1.54) is 6.92 Å². The second-order valence-corrected chi connectivity index (χ2v) is 5.71. The van der Waals surface area contributed by atoms with E-state index in [9.17, 15) is 19.8 Å². The standard InChI is InChI=1S/C14H26N2O4/c1-6-9-15-10-7-8-11(2)16(4,5)14(3,12(17)18)13(19)20/h6,11,15H,1,7-10H2,2-5H3,(H-,17,18,19,20)/p+1. The number of rotatable bonds is 10. The Morgan fingerprint density at radius 1 is 1.35 bits per heavy atom. The van der Waals surface area contributed by atoms with Crippen molar-refractivity contribution in [2.75, 3.05) is 27.2 Å². The number of aliphatic carboxylic acids is 2. The lowest BCUT2D eigenvalue weighted by Crippen LogP contribution is -2.69. The molecule has 116 valence electrons. The fourth-order valence-corrected chi connectivity index (χ4v) is 2.07. The predicted octanol–water partition coefficient (Wildman–Crippen LogP) is 0.935. The zero-order valence-electron chi connectivity index (χ0n) is 12.8. The Kier molecular flexibility index (Phi) is 6.88. The lowest BCUT2D eigenvalue weighted by atomic mass is 9.94. The van der Waals surface area contributed by atoms with Crippen molar-refractivity contribution in [2.24, 2.45) is 0 Å². The van der Waals surface area contributed by atoms with E-state index < -0.39 is 17.5 Å². The van der Waals surface area contributed by atoms with Gasteiger partial charge in [0.1, 0.15) is 0 Å². The molecule has 0 bridgehead atoms. The summed E-state index contributed by atoms with van der Waals surface area (Å²) in [7, 11) is 3.31. The predicted molar refractivity (Wildman–Crippen MR) is 77.5 cm³/mol. The van der Waals surface area contributed by atoms with E-state index >= 15 is 0 Å². The summed E-state index contributed by atoms with van der Waals surface area (Å²) < 4.78 is -0.0981. The van der Waals surface area contributed by atoms with E-state index in [0.29, 0.717) is 0 Å². The van der Waals surface area contributed by atoms with Gasteiger partial charge in [-0.3, -0.25) is 0 Å². The zero-order valence-corrected chi connectivity index (χ0v) is 12.8. The first kappa shape index (κ1) is 18.6. The third-order valence-electron chi connectivity index (χ3n) is 4.35. The van der Waals surface area contributed by atoms with Crippen LogP contribution in [0.2, 0.25) is 0 Å². The van der Waals surface area contributed by atoms with E-state index in [-0.39, 0.29) is 10.5 Å². The van der Waals surface area contributed by atoms with Crippen LogP contribution in [0.4, 0.5) is 0 Å². The van der Waals surface area contributed by atoms with Crippen molar-refractivity contribution in [1.29, 1.82) is 0 Å². The molecule has 0 spiro atoms. The molecule has 0 aliphatic heterocycles. The Morgan fingerprint density at radius 2 is 1.85 bits per heavy atom. The van der Waals surface area contributed by atoms with Crippen LogP contribution in [0.1, 0.15) is 26.7 Å². The summed E-state index contributed by atoms with van der Waals surface area (Å²) in [4.78, 5) is 22.8. The number of carboxylic acids is 2. The highest BCUT2D eigenvalue weighted by molar-refractivity contribution is 6.01. The molecular weight excluding hydrogens is 260 g/mol. The van der Waals surface area contributed by atoms with E-state index in [2.05, 4.69) is 11.9 Å². The van der Waals surface area contributed by atoms with Crippen molar-refractivity contribution in [3.63, 3.8) is 0 Å². The van der Waals surface area contributed by atoms with Gasteiger partial charge in [-0.05, 0) is 19.9 Å². The molecule has 0 rings (SSSR count). The Balaban J connectivity index is 4.79. The lowest BCUT2D eigenvalue weighted by Gasteiger charge is -2.45. The second kappa shape index (κ2) is 7.40. The topological polar surface area (TPSA) is 86.6 Å². The highest BCUT2D eigenvalue weighted by Crippen LogP contribution is 2.27. The van der Waals surface area contributed by atoms with Gasteiger partial charge in [0, 0.05) is 19.9 Å². The third-order valence-corrected chi connectivity index (χ3v) is 4.35. The van der Waals surface area contributed by atoms with Gasteiger partial charge in [-0.2, -0.15) is 0 Å². The number of hydrogen-bond donors (Lipinski definition) is 3. The third kappa shape index (κ3) is 3.80. The molecular formula is C14H27N2O4+. The average Bonchev–Trinajstić information content (AvgIpc) is 2.36. The maximum Gasteiger partial charge on any atom is 0.377 e. The first-order chi connectivity index (χ1) is 9.12. The molecule has 0 radical (unpaired) electrons. The number of hydrogen-bond acceptors (Lipinski definition) is 3. The summed E-state index contributed by atoms with van der Waals surface area (Å²) in [5.41, 5.74) is -1.85. The average molecular weight is 287 g/mol. The summed E-state index contributed by atoms with van der Waals surface area (Å²) in [5.74, 6) is -2.63. The molecule has 1 unspecified atom stereocenters. The highest BCUT2D eigenvalue weighted by Gasteiger charge is 2.57. The monoisotopic (exact) mass is 287 g/mol. The van der Waals surface area contributed by atoms with Crippen LogP contribution in [0.3, 0.4) is 0 Å². The number of nitrogens with zero attached hydrogens (tertiary/aromatic N) is 1. The fourth-order valence-electron chi connectivity index (χ4n) is 2.07. The van der Waals surface area contributed by atoms with Gasteiger partial charge in [0.2, 0.25) is 0 Å². The lowest BCUT2D eigenvalue weighted by molar-refractivity contribution is -0.942. The summed E-state index contributed by atoms with van der Waals surface area (Å²) >= 11 is 0. The van der Waals surface area contributed by atoms with Gasteiger partial charge in [0.15, 0.2) is 0 Å². The van der Waals surface area contributed by atoms with Gasteiger partial charge in [-0.25, -0.2) is 9.59 Å². The van der Waals surface area contributed by atoms with Crippen molar-refractivity contribution in [1.82, 2.24) is 5.32 Å². The maximum absolute atomic E-state index is 11.4. The minimum atomic E-state index is -1.85. The van der Waals surface area contributed by atoms with Gasteiger partial charge in [-0.1, -0.05) is 6.08 Å². The Hall–Kier alpha value is -1.40. The van der Waals surface area contributed by atoms with Crippen LogP contribution in [0, 0.1) is 0 Å². The molecule has 0 fully saturated rings. The molecule has 0 amide bonds. The van der Waals surface area contributed by atoms with Crippen LogP contribution in [0.15, 0.2) is 12.7 Å². The molecule has 0 aliphatic carbocycles. The zero-order chi connectivity index (χ0) is 16.0. The molecule has 0 saturated heterocycles. The molecule has 6 heteroatoms. The summed E-state index contributed by atoms with van der Waals surface area (Å²) in [5, 5.41) is 21.8. The van der Waals surface area contributed by atoms with Crippen LogP contribution in [-0.4, -0.2) is 65.4 Å². The van der Waals surface area contributed by atoms with Crippen molar-refractivity contribution in [2.45, 2.75) is 38.3 Å². The van der Waals surface area contributed by atoms with Crippen molar-refractivity contribution >= 4 is 11.9 Å². The summed E-state index contributed by atoms with van der Waals surface area (Å²) in [6.07, 6.45) is 3.37. The minimum Gasteiger partial charge on any atom is -0.476 e. The molecule has 20 heavy (non-hydrogen) atoms. The number of carbonyl (C=O) groups is 2. The molecule has 0 aromatic rings. The van der Waals surface area contributed by atoms with Gasteiger partial charge >= 0.3 is 11.9 Å². The Morgan fingerprint density at radius 3 is 2.25 bits per heavy atom. The Labute approximate surface area is 120 Å². The number of likely N-dealkylation sites (N-methyl/N-ethyl adjacent to an activating group) is 1. The van der Waals surface area contributed by atoms with E-state index in [1.807, 2.05) is 6.92 Å².